The first-order valence-corrected chi connectivity index (χ1v) is 10.6. The van der Waals surface area contributed by atoms with E-state index in [9.17, 15) is 9.59 Å². The number of anilines is 1. The Morgan fingerprint density at radius 3 is 2.55 bits per heavy atom. The van der Waals surface area contributed by atoms with Crippen LogP contribution in [0.2, 0.25) is 10.0 Å². The topological polar surface area (TPSA) is 72.2 Å². The van der Waals surface area contributed by atoms with Gasteiger partial charge in [0.05, 0.1) is 5.41 Å². The Bertz CT molecular complexity index is 916. The van der Waals surface area contributed by atoms with Crippen LogP contribution in [0.25, 0.3) is 0 Å². The largest absolute Gasteiger partial charge is 0.398 e. The van der Waals surface area contributed by atoms with Crippen molar-refractivity contribution in [3.05, 3.63) is 63.6 Å². The highest BCUT2D eigenvalue weighted by Gasteiger charge is 2.51. The van der Waals surface area contributed by atoms with E-state index in [-0.39, 0.29) is 18.2 Å². The molecule has 2 aromatic rings. The van der Waals surface area contributed by atoms with Crippen molar-refractivity contribution in [2.45, 2.75) is 38.0 Å². The summed E-state index contributed by atoms with van der Waals surface area (Å²) in [5.41, 5.74) is 7.43. The molecule has 29 heavy (non-hydrogen) atoms. The predicted octanol–water partition coefficient (Wildman–Crippen LogP) is 4.98. The van der Waals surface area contributed by atoms with Crippen LogP contribution >= 0.6 is 23.2 Å². The van der Waals surface area contributed by atoms with Gasteiger partial charge in [0.15, 0.2) is 0 Å². The highest BCUT2D eigenvalue weighted by molar-refractivity contribution is 6.31. The third-order valence-corrected chi connectivity index (χ3v) is 6.34. The molecule has 3 rings (SSSR count). The van der Waals surface area contributed by atoms with Crippen molar-refractivity contribution in [2.24, 2.45) is 11.8 Å². The van der Waals surface area contributed by atoms with Crippen LogP contribution in [0.1, 0.15) is 43.7 Å². The lowest BCUT2D eigenvalue weighted by atomic mass is 9.59. The molecule has 0 radical (unpaired) electrons. The average Bonchev–Trinajstić information content (AvgIpc) is 2.79. The molecule has 1 aliphatic rings. The van der Waals surface area contributed by atoms with E-state index in [0.29, 0.717) is 33.8 Å². The molecule has 1 fully saturated rings. The van der Waals surface area contributed by atoms with Gasteiger partial charge in [-0.3, -0.25) is 4.79 Å². The fourth-order valence-electron chi connectivity index (χ4n) is 4.66. The summed E-state index contributed by atoms with van der Waals surface area (Å²) in [6, 6.07) is 12.6. The highest BCUT2D eigenvalue weighted by Crippen LogP contribution is 2.50. The maximum absolute atomic E-state index is 13.0. The number of rotatable bonds is 5. The Morgan fingerprint density at radius 1 is 1.21 bits per heavy atom. The number of hydrogen-bond donors (Lipinski definition) is 2. The smallest absolute Gasteiger partial charge is 0.220 e. The molecule has 3 atom stereocenters. The molecule has 4 nitrogen and oxygen atoms in total. The molecule has 1 aliphatic heterocycles. The van der Waals surface area contributed by atoms with E-state index < -0.39 is 11.3 Å². The second-order valence-electron chi connectivity index (χ2n) is 8.22. The molecule has 0 saturated carbocycles. The number of amides is 1. The molecule has 1 saturated heterocycles. The van der Waals surface area contributed by atoms with Crippen molar-refractivity contribution >= 4 is 41.1 Å². The van der Waals surface area contributed by atoms with E-state index in [2.05, 4.69) is 19.2 Å². The van der Waals surface area contributed by atoms with Gasteiger partial charge in [-0.2, -0.15) is 0 Å². The molecule has 0 aliphatic carbocycles. The molecular formula is C23H26Cl2N2O2. The second kappa shape index (κ2) is 8.76. The maximum atomic E-state index is 13.0. The van der Waals surface area contributed by atoms with Crippen LogP contribution in [-0.4, -0.2) is 18.7 Å². The minimum atomic E-state index is -0.983. The summed E-state index contributed by atoms with van der Waals surface area (Å²) in [7, 11) is 0. The van der Waals surface area contributed by atoms with Crippen LogP contribution in [0.5, 0.6) is 0 Å². The van der Waals surface area contributed by atoms with Gasteiger partial charge in [0.1, 0.15) is 6.29 Å². The zero-order valence-corrected chi connectivity index (χ0v) is 18.1. The van der Waals surface area contributed by atoms with Crippen molar-refractivity contribution in [3.63, 3.8) is 0 Å². The zero-order valence-electron chi connectivity index (χ0n) is 16.6. The molecule has 1 heterocycles. The predicted molar refractivity (Wildman–Crippen MR) is 118 cm³/mol. The van der Waals surface area contributed by atoms with E-state index in [1.165, 1.54) is 0 Å². The molecular weight excluding hydrogens is 407 g/mol. The van der Waals surface area contributed by atoms with Crippen LogP contribution in [-0.2, 0) is 15.0 Å². The second-order valence-corrected chi connectivity index (χ2v) is 9.10. The standard InChI is InChI=1S/C23H26Cl2N2O2/c1-14(2)8-16-12-27-22(29)11-20(15-4-3-5-17(24)9-15)23(16,13-28)19-7-6-18(25)10-21(19)26/h3-7,9-10,13-14,16,20H,8,11-12,26H2,1-2H3,(H,27,29)/t16-,20-,23+/m0/s1. The van der Waals surface area contributed by atoms with Gasteiger partial charge in [-0.05, 0) is 53.6 Å². The van der Waals surface area contributed by atoms with Gasteiger partial charge in [-0.15, -0.1) is 0 Å². The average molecular weight is 433 g/mol. The number of carbonyl (C=O) groups excluding carboxylic acids is 2. The molecule has 2 aromatic carbocycles. The van der Waals surface area contributed by atoms with Gasteiger partial charge in [0.25, 0.3) is 0 Å². The van der Waals surface area contributed by atoms with E-state index in [1.807, 2.05) is 24.3 Å². The third kappa shape index (κ3) is 4.29. The van der Waals surface area contributed by atoms with Crippen molar-refractivity contribution in [1.29, 1.82) is 0 Å². The maximum Gasteiger partial charge on any atom is 0.220 e. The van der Waals surface area contributed by atoms with E-state index in [0.717, 1.165) is 18.3 Å². The number of nitrogens with one attached hydrogen (secondary N) is 1. The first kappa shape index (κ1) is 21.7. The first-order valence-electron chi connectivity index (χ1n) is 9.82. The van der Waals surface area contributed by atoms with E-state index in [4.69, 9.17) is 28.9 Å². The lowest BCUT2D eigenvalue weighted by Crippen LogP contribution is -2.45. The number of nitrogens with two attached hydrogens (primary N) is 1. The van der Waals surface area contributed by atoms with E-state index >= 15 is 0 Å². The molecule has 0 spiro atoms. The van der Waals surface area contributed by atoms with Crippen molar-refractivity contribution < 1.29 is 9.59 Å². The Labute approximate surface area is 181 Å². The first-order chi connectivity index (χ1) is 13.8. The normalized spacial score (nSPS) is 24.8. The van der Waals surface area contributed by atoms with Gasteiger partial charge < -0.3 is 15.8 Å². The quantitative estimate of drug-likeness (QED) is 0.516. The number of aldehydes is 1. The zero-order chi connectivity index (χ0) is 21.2. The number of nitrogen functional groups attached to an aromatic ring is 1. The fraction of sp³-hybridized carbons (Fsp3) is 0.391. The van der Waals surface area contributed by atoms with E-state index in [1.54, 1.807) is 18.2 Å². The number of carbonyl (C=O) groups is 2. The summed E-state index contributed by atoms with van der Waals surface area (Å²) in [5.74, 6) is -0.268. The summed E-state index contributed by atoms with van der Waals surface area (Å²) < 4.78 is 0. The Hall–Kier alpha value is -2.04. The van der Waals surface area contributed by atoms with Crippen LogP contribution in [0, 0.1) is 11.8 Å². The number of benzene rings is 2. The molecule has 0 aromatic heterocycles. The molecule has 1 amide bonds. The van der Waals surface area contributed by atoms with Gasteiger partial charge in [-0.25, -0.2) is 0 Å². The van der Waals surface area contributed by atoms with Crippen molar-refractivity contribution in [3.8, 4) is 0 Å². The Balaban J connectivity index is 2.30. The minimum Gasteiger partial charge on any atom is -0.398 e. The van der Waals surface area contributed by atoms with Gasteiger partial charge in [-0.1, -0.05) is 55.2 Å². The molecule has 6 heteroatoms. The summed E-state index contributed by atoms with van der Waals surface area (Å²) in [6.45, 7) is 4.64. The Kier molecular flexibility index (Phi) is 6.55. The van der Waals surface area contributed by atoms with Gasteiger partial charge >= 0.3 is 0 Å². The summed E-state index contributed by atoms with van der Waals surface area (Å²) in [5, 5.41) is 4.08. The fourth-order valence-corrected chi connectivity index (χ4v) is 5.04. The molecule has 3 N–H and O–H groups in total. The van der Waals surface area contributed by atoms with Gasteiger partial charge in [0, 0.05) is 34.6 Å². The summed E-state index contributed by atoms with van der Waals surface area (Å²) in [6.07, 6.45) is 1.93. The summed E-state index contributed by atoms with van der Waals surface area (Å²) >= 11 is 12.4. The third-order valence-electron chi connectivity index (χ3n) is 5.87. The number of halogens is 2. The lowest BCUT2D eigenvalue weighted by Gasteiger charge is -2.42. The molecule has 154 valence electrons. The summed E-state index contributed by atoms with van der Waals surface area (Å²) in [4.78, 5) is 25.6. The van der Waals surface area contributed by atoms with Crippen LogP contribution in [0.4, 0.5) is 5.69 Å². The molecule has 0 bridgehead atoms. The lowest BCUT2D eigenvalue weighted by molar-refractivity contribution is -0.121. The van der Waals surface area contributed by atoms with Crippen molar-refractivity contribution in [1.82, 2.24) is 5.32 Å². The number of hydrogen-bond acceptors (Lipinski definition) is 3. The molecule has 0 unspecified atom stereocenters. The van der Waals surface area contributed by atoms with Crippen LogP contribution < -0.4 is 11.1 Å². The van der Waals surface area contributed by atoms with Crippen LogP contribution in [0.15, 0.2) is 42.5 Å². The van der Waals surface area contributed by atoms with Crippen molar-refractivity contribution in [2.75, 3.05) is 12.3 Å². The van der Waals surface area contributed by atoms with Gasteiger partial charge in [0.2, 0.25) is 5.91 Å². The Morgan fingerprint density at radius 2 is 1.93 bits per heavy atom. The monoisotopic (exact) mass is 432 g/mol. The highest BCUT2D eigenvalue weighted by atomic mass is 35.5. The minimum absolute atomic E-state index is 0.0833. The van der Waals surface area contributed by atoms with Crippen LogP contribution in [0.3, 0.4) is 0 Å². The SMILES string of the molecule is CC(C)C[C@H]1CNC(=O)C[C@@H](c2cccc(Cl)c2)[C@@]1(C=O)c1ccc(Cl)cc1N.